The van der Waals surface area contributed by atoms with Gasteiger partial charge in [-0.2, -0.15) is 10.2 Å². The monoisotopic (exact) mass is 212 g/mol. The SMILES string of the molecule is OS(O)(O)c1ccc2cnncc2c1. The van der Waals surface area contributed by atoms with Crippen molar-refractivity contribution in [3.05, 3.63) is 30.6 Å². The van der Waals surface area contributed by atoms with E-state index in [0.29, 0.717) is 5.39 Å². The normalized spacial score (nSPS) is 13.1. The maximum Gasteiger partial charge on any atom is 0.112 e. The predicted molar refractivity (Wildman–Crippen MR) is 53.3 cm³/mol. The minimum absolute atomic E-state index is 0.0815. The summed E-state index contributed by atoms with van der Waals surface area (Å²) in [6, 6.07) is 4.56. The first-order valence-electron chi connectivity index (χ1n) is 3.78. The van der Waals surface area contributed by atoms with Gasteiger partial charge in [-0.15, -0.1) is 0 Å². The van der Waals surface area contributed by atoms with Crippen LogP contribution in [0.4, 0.5) is 0 Å². The Morgan fingerprint density at radius 2 is 1.57 bits per heavy atom. The van der Waals surface area contributed by atoms with E-state index in [-0.39, 0.29) is 4.90 Å². The lowest BCUT2D eigenvalue weighted by Crippen LogP contribution is -1.95. The maximum absolute atomic E-state index is 9.01. The number of hydrogen-bond acceptors (Lipinski definition) is 5. The highest BCUT2D eigenvalue weighted by Gasteiger charge is 2.15. The molecule has 0 saturated heterocycles. The fraction of sp³-hybridized carbons (Fsp3) is 0. The van der Waals surface area contributed by atoms with Crippen molar-refractivity contribution < 1.29 is 13.7 Å². The number of fused-ring (bicyclic) bond motifs is 1. The summed E-state index contributed by atoms with van der Waals surface area (Å²) in [5.74, 6) is 0. The van der Waals surface area contributed by atoms with E-state index in [4.69, 9.17) is 13.7 Å². The molecule has 0 unspecified atom stereocenters. The van der Waals surface area contributed by atoms with Gasteiger partial charge in [-0.05, 0) is 12.1 Å². The molecule has 3 N–H and O–H groups in total. The van der Waals surface area contributed by atoms with Crippen LogP contribution < -0.4 is 0 Å². The Balaban J connectivity index is 2.63. The molecule has 2 rings (SSSR count). The van der Waals surface area contributed by atoms with Gasteiger partial charge in [0.25, 0.3) is 0 Å². The molecule has 74 valence electrons. The van der Waals surface area contributed by atoms with Crippen LogP contribution in [0.3, 0.4) is 0 Å². The average Bonchev–Trinajstić information content (AvgIpc) is 2.16. The zero-order valence-corrected chi connectivity index (χ0v) is 7.85. The van der Waals surface area contributed by atoms with E-state index < -0.39 is 10.9 Å². The molecule has 0 amide bonds. The van der Waals surface area contributed by atoms with E-state index in [1.807, 2.05) is 0 Å². The predicted octanol–water partition coefficient (Wildman–Crippen LogP) is 2.21. The highest BCUT2D eigenvalue weighted by molar-refractivity contribution is 8.19. The lowest BCUT2D eigenvalue weighted by atomic mass is 10.2. The maximum atomic E-state index is 9.01. The first-order chi connectivity index (χ1) is 6.57. The van der Waals surface area contributed by atoms with Crippen LogP contribution >= 0.6 is 10.9 Å². The zero-order chi connectivity index (χ0) is 10.2. The van der Waals surface area contributed by atoms with Crippen molar-refractivity contribution >= 4 is 21.6 Å². The van der Waals surface area contributed by atoms with E-state index in [0.717, 1.165) is 5.39 Å². The molecule has 2 aromatic rings. The molecule has 0 atom stereocenters. The quantitative estimate of drug-likeness (QED) is 0.674. The lowest BCUT2D eigenvalue weighted by molar-refractivity contribution is 0.376. The molecule has 0 spiro atoms. The van der Waals surface area contributed by atoms with Crippen LogP contribution in [0.25, 0.3) is 10.8 Å². The topological polar surface area (TPSA) is 86.5 Å². The van der Waals surface area contributed by atoms with Gasteiger partial charge in [0.2, 0.25) is 0 Å². The summed E-state index contributed by atoms with van der Waals surface area (Å²) in [6.45, 7) is 0. The molecule has 5 nitrogen and oxygen atoms in total. The van der Waals surface area contributed by atoms with E-state index in [2.05, 4.69) is 10.2 Å². The summed E-state index contributed by atoms with van der Waals surface area (Å²) < 4.78 is 27.0. The summed E-state index contributed by atoms with van der Waals surface area (Å²) in [5.41, 5.74) is 0. The van der Waals surface area contributed by atoms with Gasteiger partial charge in [-0.3, -0.25) is 0 Å². The molecule has 1 aromatic heterocycles. The van der Waals surface area contributed by atoms with Gasteiger partial charge in [-0.1, -0.05) is 6.07 Å². The Labute approximate surface area is 81.6 Å². The Bertz CT molecular complexity index is 469. The number of nitrogens with zero attached hydrogens (tertiary/aromatic N) is 2. The van der Waals surface area contributed by atoms with Crippen LogP contribution in [-0.2, 0) is 0 Å². The number of aromatic nitrogens is 2. The molecule has 0 fully saturated rings. The van der Waals surface area contributed by atoms with Crippen molar-refractivity contribution in [1.29, 1.82) is 0 Å². The summed E-state index contributed by atoms with van der Waals surface area (Å²) in [6.07, 6.45) is 3.05. The molecular weight excluding hydrogens is 204 g/mol. The second-order valence-corrected chi connectivity index (χ2v) is 4.31. The van der Waals surface area contributed by atoms with Gasteiger partial charge in [0.05, 0.1) is 17.3 Å². The van der Waals surface area contributed by atoms with Crippen LogP contribution in [0.1, 0.15) is 0 Å². The second-order valence-electron chi connectivity index (χ2n) is 2.80. The summed E-state index contributed by atoms with van der Waals surface area (Å²) in [7, 11) is -3.64. The average molecular weight is 212 g/mol. The molecule has 0 aliphatic rings. The van der Waals surface area contributed by atoms with Gasteiger partial charge in [0.15, 0.2) is 0 Å². The van der Waals surface area contributed by atoms with Crippen LogP contribution in [0.2, 0.25) is 0 Å². The van der Waals surface area contributed by atoms with E-state index in [9.17, 15) is 0 Å². The van der Waals surface area contributed by atoms with Gasteiger partial charge >= 0.3 is 0 Å². The van der Waals surface area contributed by atoms with Crippen molar-refractivity contribution in [2.45, 2.75) is 4.90 Å². The molecule has 0 bridgehead atoms. The molecule has 1 heterocycles. The third-order valence-electron chi connectivity index (χ3n) is 1.83. The zero-order valence-electron chi connectivity index (χ0n) is 7.03. The Hall–Kier alpha value is -1.21. The Kier molecular flexibility index (Phi) is 2.12. The van der Waals surface area contributed by atoms with Crippen molar-refractivity contribution in [3.63, 3.8) is 0 Å². The number of rotatable bonds is 1. The van der Waals surface area contributed by atoms with Crippen LogP contribution in [0.15, 0.2) is 35.5 Å². The standard InChI is InChI=1S/C8H8N2O3S/c11-14(12,13)8-2-1-6-4-9-10-5-7(6)3-8/h1-5,11-13H. The smallest absolute Gasteiger partial charge is 0.112 e. The van der Waals surface area contributed by atoms with Crippen LogP contribution in [0, 0.1) is 0 Å². The first kappa shape index (κ1) is 9.35. The van der Waals surface area contributed by atoms with Crippen molar-refractivity contribution in [1.82, 2.24) is 10.2 Å². The van der Waals surface area contributed by atoms with E-state index in [1.165, 1.54) is 18.3 Å². The molecule has 0 aliphatic heterocycles. The molecule has 14 heavy (non-hydrogen) atoms. The van der Waals surface area contributed by atoms with E-state index >= 15 is 0 Å². The summed E-state index contributed by atoms with van der Waals surface area (Å²) in [5, 5.41) is 8.85. The fourth-order valence-corrected chi connectivity index (χ4v) is 1.68. The van der Waals surface area contributed by atoms with Gasteiger partial charge in [0, 0.05) is 10.8 Å². The lowest BCUT2D eigenvalue weighted by Gasteiger charge is -2.19. The molecule has 1 aromatic carbocycles. The van der Waals surface area contributed by atoms with Crippen molar-refractivity contribution in [3.8, 4) is 0 Å². The molecule has 0 radical (unpaired) electrons. The summed E-state index contributed by atoms with van der Waals surface area (Å²) in [4.78, 5) is 0.0815. The number of hydrogen-bond donors (Lipinski definition) is 3. The highest BCUT2D eigenvalue weighted by atomic mass is 32.3. The highest BCUT2D eigenvalue weighted by Crippen LogP contribution is 2.44. The van der Waals surface area contributed by atoms with Gasteiger partial charge < -0.3 is 13.7 Å². The van der Waals surface area contributed by atoms with E-state index in [1.54, 1.807) is 12.3 Å². The second kappa shape index (κ2) is 3.18. The molecule has 0 saturated carbocycles. The minimum atomic E-state index is -3.64. The van der Waals surface area contributed by atoms with Crippen molar-refractivity contribution in [2.75, 3.05) is 0 Å². The fourth-order valence-electron chi connectivity index (χ4n) is 1.14. The van der Waals surface area contributed by atoms with Gasteiger partial charge in [0.1, 0.15) is 10.9 Å². The summed E-state index contributed by atoms with van der Waals surface area (Å²) >= 11 is 0. The molecular formula is C8H8N2O3S. The van der Waals surface area contributed by atoms with Gasteiger partial charge in [-0.25, -0.2) is 0 Å². The Morgan fingerprint density at radius 3 is 2.21 bits per heavy atom. The largest absolute Gasteiger partial charge is 0.304 e. The number of benzene rings is 1. The minimum Gasteiger partial charge on any atom is -0.304 e. The third-order valence-corrected chi connectivity index (χ3v) is 2.72. The van der Waals surface area contributed by atoms with Crippen molar-refractivity contribution in [2.24, 2.45) is 0 Å². The molecule has 6 heteroatoms. The third kappa shape index (κ3) is 1.68. The molecule has 0 aliphatic carbocycles. The first-order valence-corrected chi connectivity index (χ1v) is 5.29. The Morgan fingerprint density at radius 1 is 0.929 bits per heavy atom. The van der Waals surface area contributed by atoms with Crippen LogP contribution in [0.5, 0.6) is 0 Å². The van der Waals surface area contributed by atoms with Crippen LogP contribution in [-0.4, -0.2) is 23.9 Å².